The molecule has 3 aliphatic rings. The monoisotopic (exact) mass is 391 g/mol. The predicted octanol–water partition coefficient (Wildman–Crippen LogP) is 3.28. The molecule has 1 unspecified atom stereocenters. The molecule has 5 nitrogen and oxygen atoms in total. The Morgan fingerprint density at radius 1 is 1.00 bits per heavy atom. The van der Waals surface area contributed by atoms with E-state index in [4.69, 9.17) is 9.97 Å². The smallest absolute Gasteiger partial charge is 0.132 e. The fraction of sp³-hybridized carbons (Fsp3) is 0.583. The maximum Gasteiger partial charge on any atom is 0.132 e. The first kappa shape index (κ1) is 19.0. The van der Waals surface area contributed by atoms with E-state index in [1.807, 2.05) is 6.92 Å². The second-order valence-electron chi connectivity index (χ2n) is 8.95. The van der Waals surface area contributed by atoms with Crippen molar-refractivity contribution in [2.75, 3.05) is 37.6 Å². The molecule has 29 heavy (non-hydrogen) atoms. The SMILES string of the molecule is Cc1nc(C2CCCNC2)cc(N2CCC(N3CCc4ccccc4C3)CC2)n1. The van der Waals surface area contributed by atoms with Gasteiger partial charge in [0.1, 0.15) is 11.6 Å². The minimum absolute atomic E-state index is 0.537. The van der Waals surface area contributed by atoms with Crippen LogP contribution in [0.25, 0.3) is 0 Å². The summed E-state index contributed by atoms with van der Waals surface area (Å²) in [6, 6.07) is 11.9. The van der Waals surface area contributed by atoms with Crippen molar-refractivity contribution < 1.29 is 0 Å². The van der Waals surface area contributed by atoms with Crippen LogP contribution in [0.1, 0.15) is 54.2 Å². The van der Waals surface area contributed by atoms with Gasteiger partial charge in [-0.25, -0.2) is 9.97 Å². The van der Waals surface area contributed by atoms with Crippen LogP contribution in [0.3, 0.4) is 0 Å². The number of hydrogen-bond acceptors (Lipinski definition) is 5. The molecule has 2 saturated heterocycles. The van der Waals surface area contributed by atoms with Crippen molar-refractivity contribution in [3.8, 4) is 0 Å². The van der Waals surface area contributed by atoms with E-state index in [9.17, 15) is 0 Å². The summed E-state index contributed by atoms with van der Waals surface area (Å²) in [5.41, 5.74) is 4.30. The fourth-order valence-corrected chi connectivity index (χ4v) is 5.34. The number of benzene rings is 1. The first-order valence-corrected chi connectivity index (χ1v) is 11.4. The van der Waals surface area contributed by atoms with Gasteiger partial charge in [-0.15, -0.1) is 0 Å². The molecule has 0 aliphatic carbocycles. The highest BCUT2D eigenvalue weighted by molar-refractivity contribution is 5.41. The highest BCUT2D eigenvalue weighted by Gasteiger charge is 2.28. The maximum absolute atomic E-state index is 4.80. The quantitative estimate of drug-likeness (QED) is 0.870. The van der Waals surface area contributed by atoms with E-state index < -0.39 is 0 Å². The Balaban J connectivity index is 1.23. The lowest BCUT2D eigenvalue weighted by Crippen LogP contribution is -2.46. The summed E-state index contributed by atoms with van der Waals surface area (Å²) in [5, 5.41) is 3.52. The first-order chi connectivity index (χ1) is 14.3. The van der Waals surface area contributed by atoms with Gasteiger partial charge in [0, 0.05) is 50.7 Å². The number of anilines is 1. The van der Waals surface area contributed by atoms with Crippen molar-refractivity contribution in [2.45, 2.75) is 57.5 Å². The van der Waals surface area contributed by atoms with Crippen molar-refractivity contribution in [3.63, 3.8) is 0 Å². The second kappa shape index (κ2) is 8.41. The van der Waals surface area contributed by atoms with E-state index in [2.05, 4.69) is 45.4 Å². The van der Waals surface area contributed by atoms with Crippen LogP contribution in [-0.4, -0.2) is 53.6 Å². The van der Waals surface area contributed by atoms with E-state index in [1.54, 1.807) is 5.56 Å². The lowest BCUT2D eigenvalue weighted by atomic mass is 9.95. The van der Waals surface area contributed by atoms with Crippen LogP contribution in [0, 0.1) is 6.92 Å². The number of nitrogens with zero attached hydrogens (tertiary/aromatic N) is 4. The summed E-state index contributed by atoms with van der Waals surface area (Å²) in [6.07, 6.45) is 6.13. The van der Waals surface area contributed by atoms with Gasteiger partial charge in [-0.05, 0) is 56.7 Å². The van der Waals surface area contributed by atoms with Crippen molar-refractivity contribution >= 4 is 5.82 Å². The molecule has 5 heteroatoms. The van der Waals surface area contributed by atoms with Crippen LogP contribution in [0.15, 0.2) is 30.3 Å². The van der Waals surface area contributed by atoms with E-state index in [0.29, 0.717) is 12.0 Å². The summed E-state index contributed by atoms with van der Waals surface area (Å²) in [7, 11) is 0. The minimum atomic E-state index is 0.537. The first-order valence-electron chi connectivity index (χ1n) is 11.4. The Kier molecular flexibility index (Phi) is 5.51. The van der Waals surface area contributed by atoms with Crippen LogP contribution in [0.4, 0.5) is 5.82 Å². The van der Waals surface area contributed by atoms with Crippen LogP contribution in [0.2, 0.25) is 0 Å². The van der Waals surface area contributed by atoms with Gasteiger partial charge in [-0.3, -0.25) is 4.90 Å². The number of nitrogens with one attached hydrogen (secondary N) is 1. The van der Waals surface area contributed by atoms with E-state index in [1.165, 1.54) is 49.9 Å². The molecule has 0 bridgehead atoms. The summed E-state index contributed by atoms with van der Waals surface area (Å²) < 4.78 is 0. The van der Waals surface area contributed by atoms with Crippen LogP contribution < -0.4 is 10.2 Å². The molecule has 1 aromatic heterocycles. The van der Waals surface area contributed by atoms with Gasteiger partial charge >= 0.3 is 0 Å². The van der Waals surface area contributed by atoms with Crippen LogP contribution >= 0.6 is 0 Å². The molecule has 2 aromatic rings. The Labute approximate surface area is 174 Å². The second-order valence-corrected chi connectivity index (χ2v) is 8.95. The molecular formula is C24H33N5. The Hall–Kier alpha value is -1.98. The average molecular weight is 392 g/mol. The molecule has 3 aliphatic heterocycles. The van der Waals surface area contributed by atoms with Crippen molar-refractivity contribution in [1.29, 1.82) is 0 Å². The molecule has 5 rings (SSSR count). The summed E-state index contributed by atoms with van der Waals surface area (Å²) in [6.45, 7) is 8.75. The molecule has 0 radical (unpaired) electrons. The van der Waals surface area contributed by atoms with E-state index in [0.717, 1.165) is 44.4 Å². The molecular weight excluding hydrogens is 358 g/mol. The van der Waals surface area contributed by atoms with Gasteiger partial charge < -0.3 is 10.2 Å². The molecule has 1 aromatic carbocycles. The van der Waals surface area contributed by atoms with Gasteiger partial charge in [-0.2, -0.15) is 0 Å². The van der Waals surface area contributed by atoms with Crippen molar-refractivity contribution in [2.24, 2.45) is 0 Å². The number of hydrogen-bond donors (Lipinski definition) is 1. The number of piperidine rings is 2. The Bertz CT molecular complexity index is 837. The average Bonchev–Trinajstić information content (AvgIpc) is 2.79. The molecule has 1 atom stereocenters. The molecule has 0 amide bonds. The molecule has 154 valence electrons. The third-order valence-corrected chi connectivity index (χ3v) is 7.02. The molecule has 4 heterocycles. The number of aryl methyl sites for hydroxylation is 1. The molecule has 0 spiro atoms. The molecule has 0 saturated carbocycles. The number of fused-ring (bicyclic) bond motifs is 1. The topological polar surface area (TPSA) is 44.3 Å². The van der Waals surface area contributed by atoms with Crippen molar-refractivity contribution in [1.82, 2.24) is 20.2 Å². The third kappa shape index (κ3) is 4.17. The Morgan fingerprint density at radius 3 is 2.62 bits per heavy atom. The number of rotatable bonds is 3. The largest absolute Gasteiger partial charge is 0.356 e. The van der Waals surface area contributed by atoms with Gasteiger partial charge in [0.05, 0.1) is 5.69 Å². The summed E-state index contributed by atoms with van der Waals surface area (Å²) in [4.78, 5) is 14.8. The highest BCUT2D eigenvalue weighted by atomic mass is 15.2. The standard InChI is InChI=1S/C24H33N5/c1-18-26-23(20-7-4-11-25-16-20)15-24(27-18)28-13-9-22(10-14-28)29-12-8-19-5-2-3-6-21(19)17-29/h2-3,5-6,15,20,22,25H,4,7-14,16-17H2,1H3. The van der Waals surface area contributed by atoms with Gasteiger partial charge in [0.25, 0.3) is 0 Å². The van der Waals surface area contributed by atoms with Gasteiger partial charge in [0.2, 0.25) is 0 Å². The van der Waals surface area contributed by atoms with Crippen LogP contribution in [-0.2, 0) is 13.0 Å². The van der Waals surface area contributed by atoms with E-state index in [-0.39, 0.29) is 0 Å². The molecule has 2 fully saturated rings. The zero-order valence-corrected chi connectivity index (χ0v) is 17.6. The van der Waals surface area contributed by atoms with Crippen LogP contribution in [0.5, 0.6) is 0 Å². The zero-order chi connectivity index (χ0) is 19.6. The third-order valence-electron chi connectivity index (χ3n) is 7.02. The molecule has 1 N–H and O–H groups in total. The van der Waals surface area contributed by atoms with Gasteiger partial charge in [0.15, 0.2) is 0 Å². The number of aromatic nitrogens is 2. The maximum atomic E-state index is 4.80. The summed E-state index contributed by atoms with van der Waals surface area (Å²) >= 11 is 0. The van der Waals surface area contributed by atoms with Gasteiger partial charge in [-0.1, -0.05) is 24.3 Å². The Morgan fingerprint density at radius 2 is 1.83 bits per heavy atom. The van der Waals surface area contributed by atoms with E-state index >= 15 is 0 Å². The highest BCUT2D eigenvalue weighted by Crippen LogP contribution is 2.29. The minimum Gasteiger partial charge on any atom is -0.356 e. The zero-order valence-electron chi connectivity index (χ0n) is 17.6. The lowest BCUT2D eigenvalue weighted by molar-refractivity contribution is 0.153. The fourth-order valence-electron chi connectivity index (χ4n) is 5.34. The summed E-state index contributed by atoms with van der Waals surface area (Å²) in [5.74, 6) is 2.59. The van der Waals surface area contributed by atoms with Crippen molar-refractivity contribution in [3.05, 3.63) is 53.0 Å². The lowest BCUT2D eigenvalue weighted by Gasteiger charge is -2.41. The predicted molar refractivity (Wildman–Crippen MR) is 117 cm³/mol. The normalized spacial score (nSPS) is 23.8.